The van der Waals surface area contributed by atoms with Crippen LogP contribution in [0.15, 0.2) is 53.9 Å². The molecule has 1 aromatic heterocycles. The predicted molar refractivity (Wildman–Crippen MR) is 122 cm³/mol. The van der Waals surface area contributed by atoms with Gasteiger partial charge in [-0.25, -0.2) is 9.78 Å². The largest absolute Gasteiger partial charge is 0.489 e. The molecule has 2 aromatic carbocycles. The van der Waals surface area contributed by atoms with Crippen molar-refractivity contribution in [3.63, 3.8) is 0 Å². The van der Waals surface area contributed by atoms with Gasteiger partial charge in [-0.1, -0.05) is 41.9 Å². The molecule has 0 radical (unpaired) electrons. The van der Waals surface area contributed by atoms with E-state index in [0.717, 1.165) is 10.6 Å². The molecule has 0 aliphatic heterocycles. The van der Waals surface area contributed by atoms with Crippen molar-refractivity contribution >= 4 is 34.8 Å². The number of thiazole rings is 1. The van der Waals surface area contributed by atoms with Crippen LogP contribution < -0.4 is 10.1 Å². The summed E-state index contributed by atoms with van der Waals surface area (Å²) < 4.78 is 11.1. The van der Waals surface area contributed by atoms with E-state index >= 15 is 0 Å². The van der Waals surface area contributed by atoms with E-state index in [2.05, 4.69) is 10.3 Å². The first kappa shape index (κ1) is 22.8. The molecule has 162 valence electrons. The number of hydrogen-bond donors (Lipinski definition) is 1. The number of benzene rings is 2. The maximum absolute atomic E-state index is 12.7. The second-order valence-electron chi connectivity index (χ2n) is 7.03. The summed E-state index contributed by atoms with van der Waals surface area (Å²) in [4.78, 5) is 29.6. The van der Waals surface area contributed by atoms with Gasteiger partial charge in [0.05, 0.1) is 22.4 Å². The number of esters is 1. The zero-order chi connectivity index (χ0) is 22.4. The minimum absolute atomic E-state index is 0.0492. The highest BCUT2D eigenvalue weighted by atomic mass is 35.5. The van der Waals surface area contributed by atoms with Crippen LogP contribution in [0.1, 0.15) is 29.9 Å². The zero-order valence-electron chi connectivity index (χ0n) is 17.4. The highest BCUT2D eigenvalue weighted by molar-refractivity contribution is 7.13. The third-order valence-electron chi connectivity index (χ3n) is 4.29. The van der Waals surface area contributed by atoms with Crippen LogP contribution in [-0.2, 0) is 16.0 Å². The number of carbonyl (C=O) groups excluding carboxylic acids is 2. The number of ether oxygens (including phenoxy) is 2. The van der Waals surface area contributed by atoms with Crippen molar-refractivity contribution in [1.29, 1.82) is 0 Å². The topological polar surface area (TPSA) is 77.5 Å². The molecule has 1 heterocycles. The second-order valence-corrected chi connectivity index (χ2v) is 8.30. The summed E-state index contributed by atoms with van der Waals surface area (Å²) in [6.45, 7) is 3.77. The molecule has 1 amide bonds. The number of nitrogens with one attached hydrogen (secondary N) is 1. The third-order valence-corrected chi connectivity index (χ3v) is 5.52. The normalized spacial score (nSPS) is 11.8. The van der Waals surface area contributed by atoms with Gasteiger partial charge in [-0.15, -0.1) is 11.3 Å². The summed E-state index contributed by atoms with van der Waals surface area (Å²) in [6, 6.07) is 14.4. The number of carbonyl (C=O) groups is 2. The summed E-state index contributed by atoms with van der Waals surface area (Å²) in [5.41, 5.74) is 1.90. The number of halogens is 1. The zero-order valence-corrected chi connectivity index (χ0v) is 19.0. The van der Waals surface area contributed by atoms with Gasteiger partial charge in [-0.3, -0.25) is 4.79 Å². The number of aromatic nitrogens is 1. The van der Waals surface area contributed by atoms with Crippen LogP contribution in [0, 0.1) is 0 Å². The lowest BCUT2D eigenvalue weighted by Gasteiger charge is -2.16. The standard InChI is InChI=1S/C23H23ClN2O4S/c1-14(2)29-19-10-9-16(11-18(19)24)23(28)30-20(21(27)25-3)12-17-13-31-22(26-17)15-7-5-4-6-8-15/h4-11,13-14,20H,12H2,1-3H3,(H,25,27)/t20-/m0/s1. The van der Waals surface area contributed by atoms with E-state index in [-0.39, 0.29) is 18.1 Å². The Morgan fingerprint density at radius 2 is 1.90 bits per heavy atom. The van der Waals surface area contributed by atoms with Gasteiger partial charge in [-0.2, -0.15) is 0 Å². The first-order valence-electron chi connectivity index (χ1n) is 9.76. The first-order chi connectivity index (χ1) is 14.9. The Bertz CT molecular complexity index is 1050. The van der Waals surface area contributed by atoms with Gasteiger partial charge in [0.25, 0.3) is 5.91 Å². The molecular formula is C23H23ClN2O4S. The molecule has 0 aliphatic rings. The summed E-state index contributed by atoms with van der Waals surface area (Å²) >= 11 is 7.69. The van der Waals surface area contributed by atoms with Crippen molar-refractivity contribution in [2.75, 3.05) is 7.05 Å². The molecule has 0 aliphatic carbocycles. The van der Waals surface area contributed by atoms with E-state index in [1.54, 1.807) is 12.1 Å². The number of amides is 1. The van der Waals surface area contributed by atoms with Gasteiger partial charge >= 0.3 is 5.97 Å². The van der Waals surface area contributed by atoms with Crippen LogP contribution in [0.2, 0.25) is 5.02 Å². The van der Waals surface area contributed by atoms with Crippen molar-refractivity contribution in [3.8, 4) is 16.3 Å². The lowest BCUT2D eigenvalue weighted by atomic mass is 10.1. The van der Waals surface area contributed by atoms with E-state index in [1.165, 1.54) is 24.5 Å². The van der Waals surface area contributed by atoms with Gasteiger partial charge in [0.1, 0.15) is 10.8 Å². The monoisotopic (exact) mass is 458 g/mol. The molecule has 1 N–H and O–H groups in total. The van der Waals surface area contributed by atoms with Gasteiger partial charge in [0.2, 0.25) is 0 Å². The molecule has 0 saturated carbocycles. The Balaban J connectivity index is 1.73. The van der Waals surface area contributed by atoms with Crippen molar-refractivity contribution in [2.45, 2.75) is 32.5 Å². The van der Waals surface area contributed by atoms with E-state index in [0.29, 0.717) is 16.5 Å². The van der Waals surface area contributed by atoms with E-state index in [4.69, 9.17) is 21.1 Å². The van der Waals surface area contributed by atoms with Crippen LogP contribution in [0.5, 0.6) is 5.75 Å². The fourth-order valence-electron chi connectivity index (χ4n) is 2.83. The van der Waals surface area contributed by atoms with Crippen LogP contribution in [0.25, 0.3) is 10.6 Å². The predicted octanol–water partition coefficient (Wildman–Crippen LogP) is 4.76. The molecule has 0 fully saturated rings. The average molecular weight is 459 g/mol. The molecule has 0 bridgehead atoms. The molecule has 3 rings (SSSR count). The van der Waals surface area contributed by atoms with Crippen LogP contribution in [0.3, 0.4) is 0 Å². The molecule has 3 aromatic rings. The minimum atomic E-state index is -1.02. The van der Waals surface area contributed by atoms with Gasteiger partial charge in [-0.05, 0) is 32.0 Å². The second kappa shape index (κ2) is 10.4. The molecule has 0 unspecified atom stereocenters. The first-order valence-corrected chi connectivity index (χ1v) is 11.0. The third kappa shape index (κ3) is 6.06. The van der Waals surface area contributed by atoms with Crippen LogP contribution in [-0.4, -0.2) is 36.1 Å². The SMILES string of the molecule is CNC(=O)[C@H](Cc1csc(-c2ccccc2)n1)OC(=O)c1ccc(OC(C)C)c(Cl)c1. The fourth-order valence-corrected chi connectivity index (χ4v) is 3.89. The van der Waals surface area contributed by atoms with E-state index in [9.17, 15) is 9.59 Å². The molecule has 0 spiro atoms. The fraction of sp³-hybridized carbons (Fsp3) is 0.261. The van der Waals surface area contributed by atoms with Crippen molar-refractivity contribution in [1.82, 2.24) is 10.3 Å². The maximum Gasteiger partial charge on any atom is 0.338 e. The Morgan fingerprint density at radius 3 is 2.55 bits per heavy atom. The van der Waals surface area contributed by atoms with Gasteiger partial charge in [0.15, 0.2) is 6.10 Å². The molecule has 6 nitrogen and oxygen atoms in total. The average Bonchev–Trinajstić information content (AvgIpc) is 3.23. The Kier molecular flexibility index (Phi) is 7.65. The Morgan fingerprint density at radius 1 is 1.16 bits per heavy atom. The molecular weight excluding hydrogens is 436 g/mol. The molecule has 8 heteroatoms. The number of likely N-dealkylation sites (N-methyl/N-ethyl adjacent to an activating group) is 1. The lowest BCUT2D eigenvalue weighted by Crippen LogP contribution is -2.37. The van der Waals surface area contributed by atoms with Gasteiger partial charge in [0, 0.05) is 24.4 Å². The Labute approximate surface area is 190 Å². The summed E-state index contributed by atoms with van der Waals surface area (Å²) in [5.74, 6) is -0.578. The number of hydrogen-bond acceptors (Lipinski definition) is 6. The Hall–Kier alpha value is -2.90. The van der Waals surface area contributed by atoms with Crippen molar-refractivity contribution in [2.24, 2.45) is 0 Å². The molecule has 0 saturated heterocycles. The summed E-state index contributed by atoms with van der Waals surface area (Å²) in [6.07, 6.45) is -0.905. The summed E-state index contributed by atoms with van der Waals surface area (Å²) in [7, 11) is 1.49. The van der Waals surface area contributed by atoms with E-state index < -0.39 is 18.0 Å². The van der Waals surface area contributed by atoms with Crippen molar-refractivity contribution < 1.29 is 19.1 Å². The van der Waals surface area contributed by atoms with Crippen molar-refractivity contribution in [3.05, 3.63) is 70.2 Å². The van der Waals surface area contributed by atoms with Gasteiger partial charge < -0.3 is 14.8 Å². The van der Waals surface area contributed by atoms with Crippen LogP contribution in [0.4, 0.5) is 0 Å². The number of rotatable bonds is 8. The lowest BCUT2D eigenvalue weighted by molar-refractivity contribution is -0.129. The quantitative estimate of drug-likeness (QED) is 0.492. The number of nitrogens with zero attached hydrogens (tertiary/aromatic N) is 1. The minimum Gasteiger partial charge on any atom is -0.489 e. The van der Waals surface area contributed by atoms with Crippen LogP contribution >= 0.6 is 22.9 Å². The molecule has 1 atom stereocenters. The highest BCUT2D eigenvalue weighted by Gasteiger charge is 2.25. The smallest absolute Gasteiger partial charge is 0.338 e. The maximum atomic E-state index is 12.7. The summed E-state index contributed by atoms with van der Waals surface area (Å²) in [5, 5.41) is 5.53. The highest BCUT2D eigenvalue weighted by Crippen LogP contribution is 2.27. The molecule has 31 heavy (non-hydrogen) atoms. The van der Waals surface area contributed by atoms with E-state index in [1.807, 2.05) is 49.6 Å².